The summed E-state index contributed by atoms with van der Waals surface area (Å²) >= 11 is 6.01. The Morgan fingerprint density at radius 3 is 2.67 bits per heavy atom. The normalized spacial score (nSPS) is 15.3. The maximum atomic E-state index is 6.01. The molecule has 0 aromatic carbocycles. The van der Waals surface area contributed by atoms with Gasteiger partial charge in [0, 0.05) is 46.1 Å². The number of aliphatic imine (C=N–C) groups is 1. The molecule has 1 aromatic rings. The van der Waals surface area contributed by atoms with Crippen LogP contribution in [0.5, 0.6) is 0 Å². The van der Waals surface area contributed by atoms with Crippen LogP contribution in [0.15, 0.2) is 17.3 Å². The highest BCUT2D eigenvalue weighted by Crippen LogP contribution is 2.14. The third kappa shape index (κ3) is 5.34. The summed E-state index contributed by atoms with van der Waals surface area (Å²) < 4.78 is 2.05. The van der Waals surface area contributed by atoms with Crippen molar-refractivity contribution in [2.75, 3.05) is 40.3 Å². The monoisotopic (exact) mass is 425 g/mol. The minimum atomic E-state index is 0. The van der Waals surface area contributed by atoms with Crippen LogP contribution in [-0.4, -0.2) is 60.6 Å². The predicted molar refractivity (Wildman–Crippen MR) is 99.7 cm³/mol. The van der Waals surface area contributed by atoms with Crippen LogP contribution < -0.4 is 5.32 Å². The van der Waals surface area contributed by atoms with E-state index < -0.39 is 0 Å². The van der Waals surface area contributed by atoms with Gasteiger partial charge >= 0.3 is 0 Å². The number of nitrogens with zero attached hydrogens (tertiary/aromatic N) is 4. The SMILES string of the molecule is CN=C(NCCN1CCC1)N(C)Cc1cc(Cl)cn1C.I. The van der Waals surface area contributed by atoms with Gasteiger partial charge in [-0.3, -0.25) is 4.99 Å². The number of likely N-dealkylation sites (tertiary alicyclic amines) is 1. The molecule has 0 atom stereocenters. The van der Waals surface area contributed by atoms with Gasteiger partial charge in [0.1, 0.15) is 0 Å². The van der Waals surface area contributed by atoms with E-state index in [0.717, 1.165) is 30.6 Å². The lowest BCUT2D eigenvalue weighted by molar-refractivity contribution is 0.184. The second-order valence-corrected chi connectivity index (χ2v) is 5.72. The highest BCUT2D eigenvalue weighted by atomic mass is 127. The van der Waals surface area contributed by atoms with Crippen molar-refractivity contribution in [2.24, 2.45) is 12.0 Å². The van der Waals surface area contributed by atoms with E-state index in [1.807, 2.05) is 38.0 Å². The maximum absolute atomic E-state index is 6.01. The first-order chi connectivity index (χ1) is 9.60. The average molecular weight is 426 g/mol. The van der Waals surface area contributed by atoms with Gasteiger partial charge < -0.3 is 19.7 Å². The lowest BCUT2D eigenvalue weighted by atomic mass is 10.2. The van der Waals surface area contributed by atoms with Gasteiger partial charge in [-0.25, -0.2) is 0 Å². The van der Waals surface area contributed by atoms with Crippen LogP contribution in [0.25, 0.3) is 0 Å². The van der Waals surface area contributed by atoms with Crippen molar-refractivity contribution in [3.05, 3.63) is 23.0 Å². The third-order valence-electron chi connectivity index (χ3n) is 3.71. The molecule has 5 nitrogen and oxygen atoms in total. The molecule has 1 saturated heterocycles. The van der Waals surface area contributed by atoms with E-state index in [-0.39, 0.29) is 24.0 Å². The Morgan fingerprint density at radius 2 is 2.19 bits per heavy atom. The molecule has 1 aliphatic rings. The van der Waals surface area contributed by atoms with Gasteiger partial charge in [0.2, 0.25) is 0 Å². The number of guanidine groups is 1. The Bertz CT molecular complexity index is 470. The molecular weight excluding hydrogens is 401 g/mol. The van der Waals surface area contributed by atoms with Gasteiger partial charge in [-0.05, 0) is 25.6 Å². The highest BCUT2D eigenvalue weighted by Gasteiger charge is 2.14. The molecule has 1 fully saturated rings. The van der Waals surface area contributed by atoms with Crippen molar-refractivity contribution in [1.82, 2.24) is 19.7 Å². The third-order valence-corrected chi connectivity index (χ3v) is 3.91. The van der Waals surface area contributed by atoms with Gasteiger partial charge in [-0.2, -0.15) is 0 Å². The Labute approximate surface area is 149 Å². The van der Waals surface area contributed by atoms with Gasteiger partial charge in [0.15, 0.2) is 5.96 Å². The fraction of sp³-hybridized carbons (Fsp3) is 0.643. The molecule has 120 valence electrons. The molecule has 7 heteroatoms. The van der Waals surface area contributed by atoms with E-state index >= 15 is 0 Å². The molecule has 0 radical (unpaired) electrons. The summed E-state index contributed by atoms with van der Waals surface area (Å²) in [6, 6.07) is 1.99. The molecule has 2 rings (SSSR count). The summed E-state index contributed by atoms with van der Waals surface area (Å²) in [6.45, 7) is 5.27. The first-order valence-corrected chi connectivity index (χ1v) is 7.43. The molecular formula is C14H25ClIN5. The Balaban J connectivity index is 0.00000220. The van der Waals surface area contributed by atoms with E-state index in [2.05, 4.69) is 20.1 Å². The number of rotatable bonds is 5. The standard InChI is InChI=1S/C14H24ClN5.HI/c1-16-14(17-5-8-20-6-4-7-20)19(3)11-13-9-12(15)10-18(13)2;/h9-10H,4-8,11H2,1-3H3,(H,16,17);1H. The van der Waals surface area contributed by atoms with Gasteiger partial charge in [0.05, 0.1) is 11.6 Å². The molecule has 0 aliphatic carbocycles. The largest absolute Gasteiger partial charge is 0.355 e. The van der Waals surface area contributed by atoms with Crippen molar-refractivity contribution in [1.29, 1.82) is 0 Å². The van der Waals surface area contributed by atoms with Gasteiger partial charge in [-0.15, -0.1) is 24.0 Å². The van der Waals surface area contributed by atoms with Crippen LogP contribution in [0.1, 0.15) is 12.1 Å². The molecule has 1 aromatic heterocycles. The second kappa shape index (κ2) is 8.85. The number of halogens is 2. The lowest BCUT2D eigenvalue weighted by Gasteiger charge is -2.31. The summed E-state index contributed by atoms with van der Waals surface area (Å²) in [7, 11) is 5.87. The maximum Gasteiger partial charge on any atom is 0.193 e. The lowest BCUT2D eigenvalue weighted by Crippen LogP contribution is -2.45. The van der Waals surface area contributed by atoms with E-state index in [1.54, 1.807) is 0 Å². The predicted octanol–water partition coefficient (Wildman–Crippen LogP) is 2.01. The molecule has 1 N–H and O–H groups in total. The topological polar surface area (TPSA) is 35.8 Å². The fourth-order valence-electron chi connectivity index (χ4n) is 2.36. The number of aromatic nitrogens is 1. The molecule has 0 saturated carbocycles. The summed E-state index contributed by atoms with van der Waals surface area (Å²) in [5, 5.41) is 4.18. The Hall–Kier alpha value is -0.470. The molecule has 0 spiro atoms. The highest BCUT2D eigenvalue weighted by molar-refractivity contribution is 14.0. The molecule has 0 bridgehead atoms. The number of hydrogen-bond acceptors (Lipinski definition) is 2. The van der Waals surface area contributed by atoms with Crippen LogP contribution in [0.2, 0.25) is 5.02 Å². The first kappa shape index (κ1) is 18.6. The van der Waals surface area contributed by atoms with Gasteiger partial charge in [0.25, 0.3) is 0 Å². The zero-order valence-electron chi connectivity index (χ0n) is 13.0. The number of aryl methyl sites for hydroxylation is 1. The Kier molecular flexibility index (Phi) is 7.83. The molecule has 21 heavy (non-hydrogen) atoms. The summed E-state index contributed by atoms with van der Waals surface area (Å²) in [5.41, 5.74) is 1.17. The van der Waals surface area contributed by atoms with Gasteiger partial charge in [-0.1, -0.05) is 11.6 Å². The Morgan fingerprint density at radius 1 is 1.48 bits per heavy atom. The van der Waals surface area contributed by atoms with E-state index in [1.165, 1.54) is 25.2 Å². The minimum absolute atomic E-state index is 0. The van der Waals surface area contributed by atoms with Crippen molar-refractivity contribution >= 4 is 41.5 Å². The van der Waals surface area contributed by atoms with Crippen LogP contribution in [0.4, 0.5) is 0 Å². The van der Waals surface area contributed by atoms with Crippen molar-refractivity contribution in [2.45, 2.75) is 13.0 Å². The summed E-state index contributed by atoms with van der Waals surface area (Å²) in [4.78, 5) is 8.89. The van der Waals surface area contributed by atoms with Crippen molar-refractivity contribution in [3.63, 3.8) is 0 Å². The zero-order valence-corrected chi connectivity index (χ0v) is 16.1. The molecule has 0 amide bonds. The number of hydrogen-bond donors (Lipinski definition) is 1. The molecule has 2 heterocycles. The van der Waals surface area contributed by atoms with E-state index in [4.69, 9.17) is 11.6 Å². The zero-order chi connectivity index (χ0) is 14.5. The first-order valence-electron chi connectivity index (χ1n) is 7.05. The van der Waals surface area contributed by atoms with Crippen LogP contribution >= 0.6 is 35.6 Å². The summed E-state index contributed by atoms with van der Waals surface area (Å²) in [6.07, 6.45) is 3.26. The summed E-state index contributed by atoms with van der Waals surface area (Å²) in [5.74, 6) is 0.919. The smallest absolute Gasteiger partial charge is 0.193 e. The van der Waals surface area contributed by atoms with Crippen LogP contribution in [-0.2, 0) is 13.6 Å². The minimum Gasteiger partial charge on any atom is -0.355 e. The quantitative estimate of drug-likeness (QED) is 0.445. The van der Waals surface area contributed by atoms with E-state index in [9.17, 15) is 0 Å². The van der Waals surface area contributed by atoms with Crippen molar-refractivity contribution in [3.8, 4) is 0 Å². The average Bonchev–Trinajstić information content (AvgIpc) is 2.65. The van der Waals surface area contributed by atoms with Crippen LogP contribution in [0, 0.1) is 0 Å². The molecule has 0 unspecified atom stereocenters. The molecule has 1 aliphatic heterocycles. The number of nitrogens with one attached hydrogen (secondary N) is 1. The van der Waals surface area contributed by atoms with E-state index in [0.29, 0.717) is 0 Å². The second-order valence-electron chi connectivity index (χ2n) is 5.29. The van der Waals surface area contributed by atoms with Crippen LogP contribution in [0.3, 0.4) is 0 Å². The fourth-order valence-corrected chi connectivity index (χ4v) is 2.63. The van der Waals surface area contributed by atoms with Crippen molar-refractivity contribution < 1.29 is 0 Å².